The van der Waals surface area contributed by atoms with Crippen LogP contribution in [0.1, 0.15) is 0 Å². The predicted octanol–water partition coefficient (Wildman–Crippen LogP) is 18.1. The summed E-state index contributed by atoms with van der Waals surface area (Å²) in [4.78, 5) is 14.3. The van der Waals surface area contributed by atoms with E-state index < -0.39 is 0 Å². The van der Waals surface area contributed by atoms with Crippen LogP contribution in [0.5, 0.6) is 0 Å². The van der Waals surface area contributed by atoms with E-state index in [-0.39, 0.29) is 20.1 Å². The SMILES string of the molecule is Cn1ccnc1-c1[c-]cc(-c2ccccc2-c2cc(-c3ccccc3-c3c[c-]c(-c4nccn4C)cc3)cc(-c3ccccc3-c3ccc(-c4[c-]ccc(-c5ccc6c7ccccc7c7ccccc7c6c5)c4)nc3)c2)cc1.[Ir+3]. The molecule has 6 heteroatoms. The first kappa shape index (κ1) is 49.0. The third-order valence-electron chi connectivity index (χ3n) is 15.2. The Morgan fingerprint density at radius 1 is 0.316 bits per heavy atom. The summed E-state index contributed by atoms with van der Waals surface area (Å²) in [5.74, 6) is 1.76. The summed E-state index contributed by atoms with van der Waals surface area (Å²) < 4.78 is 4.04. The van der Waals surface area contributed by atoms with Crippen LogP contribution in [0.15, 0.2) is 255 Å². The standard InChI is InChI=1S/C73H48N5.Ir/c1-77-40-38-74-72(77)50-30-26-48(27-31-50)59-16-3-6-19-62(59)56-43-57(63-20-7-4-17-60(63)49-28-32-51(33-29-49)73-75-39-41-78(73)2)45-58(44-56)64-21-8-5-18-61(64)55-35-37-71(76-47-55)54-15-13-14-52(42-54)53-34-36-69-67-24-10-9-22-65(67)66-23-11-12-25-68(66)70(69)46-53;/h3-14,16-30,32,34-47H,1-2H3;/q-3;+3. The molecule has 0 aliphatic rings. The Kier molecular flexibility index (Phi) is 12.9. The molecule has 0 unspecified atom stereocenters. The van der Waals surface area contributed by atoms with Crippen LogP contribution in [0.25, 0.3) is 144 Å². The number of nitrogens with zero attached hydrogens (tertiary/aromatic N) is 5. The Labute approximate surface area is 473 Å². The van der Waals surface area contributed by atoms with E-state index in [0.717, 1.165) is 112 Å². The molecule has 3 heterocycles. The summed E-state index contributed by atoms with van der Waals surface area (Å²) in [5.41, 5.74) is 19.1. The van der Waals surface area contributed by atoms with Crippen LogP contribution in [0.4, 0.5) is 0 Å². The van der Waals surface area contributed by atoms with Crippen molar-refractivity contribution in [3.05, 3.63) is 274 Å². The van der Waals surface area contributed by atoms with E-state index in [4.69, 9.17) is 4.98 Å². The zero-order valence-corrected chi connectivity index (χ0v) is 45.7. The zero-order valence-electron chi connectivity index (χ0n) is 43.3. The van der Waals surface area contributed by atoms with Gasteiger partial charge < -0.3 is 14.1 Å². The largest absolute Gasteiger partial charge is 3.00 e. The number of imidazole rings is 2. The fourth-order valence-corrected chi connectivity index (χ4v) is 11.4. The molecule has 0 atom stereocenters. The molecule has 0 saturated carbocycles. The van der Waals surface area contributed by atoms with Crippen LogP contribution in [0, 0.1) is 18.2 Å². The zero-order chi connectivity index (χ0) is 52.1. The number of hydrogen-bond acceptors (Lipinski definition) is 3. The first-order valence-electron chi connectivity index (χ1n) is 26.2. The van der Waals surface area contributed by atoms with Crippen molar-refractivity contribution in [1.82, 2.24) is 24.1 Å². The summed E-state index contributed by atoms with van der Waals surface area (Å²) in [6.07, 6.45) is 9.57. The number of aryl methyl sites for hydroxylation is 2. The Bertz CT molecular complexity index is 4390. The second-order valence-corrected chi connectivity index (χ2v) is 19.9. The molecule has 5 nitrogen and oxygen atoms in total. The van der Waals surface area contributed by atoms with Crippen molar-refractivity contribution in [3.8, 4) is 112 Å². The van der Waals surface area contributed by atoms with Crippen molar-refractivity contribution >= 4 is 32.3 Å². The molecule has 374 valence electrons. The van der Waals surface area contributed by atoms with E-state index in [1.165, 1.54) is 32.3 Å². The van der Waals surface area contributed by atoms with E-state index in [0.29, 0.717) is 0 Å². The second-order valence-electron chi connectivity index (χ2n) is 19.9. The van der Waals surface area contributed by atoms with Crippen LogP contribution in [0.3, 0.4) is 0 Å². The fraction of sp³-hybridized carbons (Fsp3) is 0.0274. The van der Waals surface area contributed by atoms with Crippen molar-refractivity contribution in [2.45, 2.75) is 0 Å². The predicted molar refractivity (Wildman–Crippen MR) is 321 cm³/mol. The van der Waals surface area contributed by atoms with Gasteiger partial charge in [-0.05, 0) is 112 Å². The Morgan fingerprint density at radius 3 is 1.15 bits per heavy atom. The number of fused-ring (bicyclic) bond motifs is 6. The minimum Gasteiger partial charge on any atom is -0.373 e. The Hall–Kier alpha value is -9.58. The van der Waals surface area contributed by atoms with Gasteiger partial charge >= 0.3 is 20.1 Å². The third kappa shape index (κ3) is 9.07. The monoisotopic (exact) mass is 1190 g/mol. The van der Waals surface area contributed by atoms with Crippen molar-refractivity contribution in [1.29, 1.82) is 0 Å². The average Bonchev–Trinajstić information content (AvgIpc) is 4.25. The maximum Gasteiger partial charge on any atom is 3.00 e. The van der Waals surface area contributed by atoms with Crippen LogP contribution in [-0.2, 0) is 34.2 Å². The van der Waals surface area contributed by atoms with Gasteiger partial charge in [0.05, 0.1) is 11.6 Å². The van der Waals surface area contributed by atoms with Gasteiger partial charge in [0.15, 0.2) is 0 Å². The molecule has 0 aliphatic heterocycles. The van der Waals surface area contributed by atoms with E-state index in [1.807, 2.05) is 60.3 Å². The smallest absolute Gasteiger partial charge is 0.373 e. The summed E-state index contributed by atoms with van der Waals surface area (Å²) >= 11 is 0. The maximum atomic E-state index is 5.15. The molecule has 0 amide bonds. The van der Waals surface area contributed by atoms with E-state index in [9.17, 15) is 0 Å². The molecular formula is C73H48IrN5. The van der Waals surface area contributed by atoms with Crippen LogP contribution in [0.2, 0.25) is 0 Å². The summed E-state index contributed by atoms with van der Waals surface area (Å²) in [5, 5.41) is 7.58. The summed E-state index contributed by atoms with van der Waals surface area (Å²) in [6.45, 7) is 0. The van der Waals surface area contributed by atoms with Gasteiger partial charge in [-0.2, -0.15) is 0 Å². The molecule has 11 aromatic carbocycles. The molecule has 0 bridgehead atoms. The molecule has 14 rings (SSSR count). The maximum absolute atomic E-state index is 5.15. The van der Waals surface area contributed by atoms with Gasteiger partial charge in [-0.25, -0.2) is 0 Å². The molecule has 0 aliphatic carbocycles. The van der Waals surface area contributed by atoms with Gasteiger partial charge in [-0.1, -0.05) is 168 Å². The topological polar surface area (TPSA) is 48.5 Å². The van der Waals surface area contributed by atoms with Crippen molar-refractivity contribution in [2.24, 2.45) is 14.1 Å². The van der Waals surface area contributed by atoms with Crippen LogP contribution >= 0.6 is 0 Å². The normalized spacial score (nSPS) is 11.3. The van der Waals surface area contributed by atoms with Gasteiger partial charge in [0, 0.05) is 45.1 Å². The first-order chi connectivity index (χ1) is 38.5. The third-order valence-corrected chi connectivity index (χ3v) is 15.2. The van der Waals surface area contributed by atoms with Crippen LogP contribution in [-0.4, -0.2) is 24.1 Å². The molecule has 79 heavy (non-hydrogen) atoms. The quantitative estimate of drug-likeness (QED) is 0.101. The van der Waals surface area contributed by atoms with Gasteiger partial charge in [0.25, 0.3) is 0 Å². The molecule has 0 spiro atoms. The average molecular weight is 1190 g/mol. The summed E-state index contributed by atoms with van der Waals surface area (Å²) in [6, 6.07) is 91.4. The van der Waals surface area contributed by atoms with Crippen molar-refractivity contribution in [2.75, 3.05) is 0 Å². The van der Waals surface area contributed by atoms with Gasteiger partial charge in [0.2, 0.25) is 0 Å². The first-order valence-corrected chi connectivity index (χ1v) is 26.2. The molecule has 0 fully saturated rings. The number of benzene rings is 11. The number of aromatic nitrogens is 5. The summed E-state index contributed by atoms with van der Waals surface area (Å²) in [7, 11) is 4.02. The van der Waals surface area contributed by atoms with E-state index in [2.05, 4.69) is 247 Å². The number of rotatable bonds is 10. The Balaban J connectivity index is 0.00000591. The Morgan fingerprint density at radius 2 is 0.722 bits per heavy atom. The molecule has 0 radical (unpaired) electrons. The van der Waals surface area contributed by atoms with Crippen LogP contribution < -0.4 is 0 Å². The van der Waals surface area contributed by atoms with Gasteiger partial charge in [0.1, 0.15) is 0 Å². The van der Waals surface area contributed by atoms with E-state index >= 15 is 0 Å². The second kappa shape index (κ2) is 20.8. The van der Waals surface area contributed by atoms with Crippen molar-refractivity contribution in [3.63, 3.8) is 0 Å². The molecule has 3 aromatic heterocycles. The minimum absolute atomic E-state index is 0. The molecule has 14 aromatic rings. The van der Waals surface area contributed by atoms with Crippen molar-refractivity contribution < 1.29 is 20.1 Å². The van der Waals surface area contributed by atoms with E-state index in [1.54, 1.807) is 0 Å². The minimum atomic E-state index is 0. The molecular weight excluding hydrogens is 1140 g/mol. The van der Waals surface area contributed by atoms with Gasteiger partial charge in [-0.3, -0.25) is 9.97 Å². The fourth-order valence-electron chi connectivity index (χ4n) is 11.4. The number of pyridine rings is 1. The number of hydrogen-bond donors (Lipinski definition) is 0. The molecule has 0 saturated heterocycles. The molecule has 0 N–H and O–H groups in total. The van der Waals surface area contributed by atoms with Gasteiger partial charge in [-0.15, -0.1) is 95.1 Å².